The third kappa shape index (κ3) is 2.25. The van der Waals surface area contributed by atoms with Crippen LogP contribution in [0.1, 0.15) is 17.7 Å². The Kier molecular flexibility index (Phi) is 3.40. The molecule has 0 unspecified atom stereocenters. The minimum absolute atomic E-state index is 0.516. The molecule has 0 amide bonds. The molecular weight excluding hydrogens is 269 g/mol. The molecule has 9 heteroatoms. The largest absolute Gasteiger partial charge is 0.281 e. The minimum Gasteiger partial charge on any atom is -0.252 e. The summed E-state index contributed by atoms with van der Waals surface area (Å²) in [5.41, 5.74) is -2.09. The number of alkyl halides is 2. The van der Waals surface area contributed by atoms with E-state index in [-0.39, 0.29) is 0 Å². The van der Waals surface area contributed by atoms with Crippen LogP contribution in [0.5, 0.6) is 0 Å². The van der Waals surface area contributed by atoms with Crippen LogP contribution < -0.4 is 0 Å². The maximum atomic E-state index is 13.3. The molecule has 0 fully saturated rings. The molecule has 86 valence electrons. The van der Waals surface area contributed by atoms with Gasteiger partial charge in [-0.2, -0.15) is 5.26 Å². The number of halogens is 4. The van der Waals surface area contributed by atoms with Crippen LogP contribution in [-0.4, -0.2) is 13.4 Å². The summed E-state index contributed by atoms with van der Waals surface area (Å²) >= 11 is 0. The lowest BCUT2D eigenvalue weighted by Gasteiger charge is -2.06. The lowest BCUT2D eigenvalue weighted by Crippen LogP contribution is -2.07. The third-order valence-corrected chi connectivity index (χ3v) is 2.91. The van der Waals surface area contributed by atoms with Crippen LogP contribution in [0.3, 0.4) is 0 Å². The van der Waals surface area contributed by atoms with Crippen molar-refractivity contribution in [3.63, 3.8) is 0 Å². The predicted octanol–water partition coefficient (Wildman–Crippen LogP) is 1.96. The maximum absolute atomic E-state index is 13.3. The second-order valence-corrected chi connectivity index (χ2v) is 5.05. The molecule has 1 aromatic heterocycles. The van der Waals surface area contributed by atoms with Gasteiger partial charge in [0.15, 0.2) is 5.82 Å². The van der Waals surface area contributed by atoms with E-state index in [0.717, 1.165) is 0 Å². The highest BCUT2D eigenvalue weighted by Gasteiger charge is 2.29. The molecule has 0 aliphatic heterocycles. The van der Waals surface area contributed by atoms with E-state index in [9.17, 15) is 21.6 Å². The van der Waals surface area contributed by atoms with Crippen LogP contribution in [0.4, 0.5) is 13.2 Å². The topological polar surface area (TPSA) is 70.8 Å². The monoisotopic (exact) mass is 270 g/mol. The Balaban J connectivity index is 3.72. The Morgan fingerprint density at radius 2 is 2.06 bits per heavy atom. The van der Waals surface area contributed by atoms with E-state index in [1.807, 2.05) is 0 Å². The van der Waals surface area contributed by atoms with Crippen LogP contribution in [0, 0.1) is 17.1 Å². The summed E-state index contributed by atoms with van der Waals surface area (Å²) in [6.45, 7) is 0. The summed E-state index contributed by atoms with van der Waals surface area (Å²) in [5, 5.41) is 8.38. The number of pyridine rings is 1. The summed E-state index contributed by atoms with van der Waals surface area (Å²) in [6.07, 6.45) is -2.80. The molecular formula is C7H2ClF3N2O2S. The second kappa shape index (κ2) is 4.27. The molecule has 0 radical (unpaired) electrons. The highest BCUT2D eigenvalue weighted by atomic mass is 35.7. The van der Waals surface area contributed by atoms with E-state index >= 15 is 0 Å². The number of rotatable bonds is 2. The van der Waals surface area contributed by atoms with E-state index in [4.69, 9.17) is 15.9 Å². The zero-order valence-electron chi connectivity index (χ0n) is 7.29. The van der Waals surface area contributed by atoms with Gasteiger partial charge >= 0.3 is 0 Å². The van der Waals surface area contributed by atoms with Crippen molar-refractivity contribution < 1.29 is 21.6 Å². The smallest absolute Gasteiger partial charge is 0.252 e. The van der Waals surface area contributed by atoms with Gasteiger partial charge in [0, 0.05) is 16.9 Å². The molecule has 1 heterocycles. The van der Waals surface area contributed by atoms with Gasteiger partial charge in [0.05, 0.1) is 0 Å². The van der Waals surface area contributed by atoms with Gasteiger partial charge in [-0.15, -0.1) is 0 Å². The number of nitriles is 1. The van der Waals surface area contributed by atoms with Crippen LogP contribution in [0.25, 0.3) is 0 Å². The number of hydrogen-bond acceptors (Lipinski definition) is 4. The van der Waals surface area contributed by atoms with Gasteiger partial charge in [-0.25, -0.2) is 21.6 Å². The van der Waals surface area contributed by atoms with Crippen molar-refractivity contribution in [3.8, 4) is 6.07 Å². The molecule has 0 bridgehead atoms. The second-order valence-electron chi connectivity index (χ2n) is 2.55. The first kappa shape index (κ1) is 12.7. The normalized spacial score (nSPS) is 11.5. The number of hydrogen-bond donors (Lipinski definition) is 0. The van der Waals surface area contributed by atoms with Gasteiger partial charge in [0.2, 0.25) is 0 Å². The van der Waals surface area contributed by atoms with Crippen molar-refractivity contribution >= 4 is 19.7 Å². The van der Waals surface area contributed by atoms with Crippen molar-refractivity contribution in [1.29, 1.82) is 5.26 Å². The molecule has 0 atom stereocenters. The van der Waals surface area contributed by atoms with Crippen molar-refractivity contribution in [2.45, 2.75) is 11.3 Å². The van der Waals surface area contributed by atoms with Gasteiger partial charge in [-0.3, -0.25) is 4.98 Å². The van der Waals surface area contributed by atoms with Crippen LogP contribution >= 0.6 is 10.7 Å². The van der Waals surface area contributed by atoms with E-state index in [1.165, 1.54) is 6.07 Å². The molecule has 16 heavy (non-hydrogen) atoms. The Morgan fingerprint density at radius 3 is 2.44 bits per heavy atom. The van der Waals surface area contributed by atoms with Gasteiger partial charge in [-0.1, -0.05) is 0 Å². The van der Waals surface area contributed by atoms with E-state index in [1.54, 1.807) is 0 Å². The van der Waals surface area contributed by atoms with E-state index < -0.39 is 37.4 Å². The fourth-order valence-electron chi connectivity index (χ4n) is 0.949. The Morgan fingerprint density at radius 1 is 1.50 bits per heavy atom. The number of nitrogens with zero attached hydrogens (tertiary/aromatic N) is 2. The molecule has 4 nitrogen and oxygen atoms in total. The fourth-order valence-corrected chi connectivity index (χ4v) is 2.11. The molecule has 0 aliphatic carbocycles. The van der Waals surface area contributed by atoms with Crippen molar-refractivity contribution in [2.75, 3.05) is 0 Å². The van der Waals surface area contributed by atoms with Gasteiger partial charge in [-0.05, 0) is 0 Å². The fraction of sp³-hybridized carbons (Fsp3) is 0.143. The lowest BCUT2D eigenvalue weighted by atomic mass is 10.2. The molecule has 0 aromatic carbocycles. The zero-order chi connectivity index (χ0) is 12.5. The van der Waals surface area contributed by atoms with E-state index in [0.29, 0.717) is 6.20 Å². The highest BCUT2D eigenvalue weighted by Crippen LogP contribution is 2.30. The Hall–Kier alpha value is -1.33. The standard InChI is InChI=1S/C7H2ClF3N2O2S/c8-16(14,15)6-4(9)3(1-12)2-13-5(6)7(10)11/h2,7H. The van der Waals surface area contributed by atoms with Crippen molar-refractivity contribution in [1.82, 2.24) is 4.98 Å². The minimum atomic E-state index is -4.74. The Bertz CT molecular complexity index is 568. The maximum Gasteiger partial charge on any atom is 0.281 e. The molecule has 0 aliphatic rings. The molecule has 1 aromatic rings. The SMILES string of the molecule is N#Cc1cnc(C(F)F)c(S(=O)(=O)Cl)c1F. The summed E-state index contributed by atoms with van der Waals surface area (Å²) in [5.74, 6) is -1.62. The first-order valence-electron chi connectivity index (χ1n) is 3.60. The Labute approximate surface area is 92.7 Å². The van der Waals surface area contributed by atoms with Crippen molar-refractivity contribution in [3.05, 3.63) is 23.3 Å². The predicted molar refractivity (Wildman–Crippen MR) is 46.9 cm³/mol. The van der Waals surface area contributed by atoms with E-state index in [2.05, 4.69) is 4.98 Å². The van der Waals surface area contributed by atoms with Gasteiger partial charge in [0.25, 0.3) is 15.5 Å². The quantitative estimate of drug-likeness (QED) is 0.770. The summed E-state index contributed by atoms with van der Waals surface area (Å²) in [7, 11) is 0.0533. The van der Waals surface area contributed by atoms with Gasteiger partial charge < -0.3 is 0 Å². The molecule has 0 saturated carbocycles. The molecule has 0 saturated heterocycles. The molecule has 0 spiro atoms. The summed E-state index contributed by atoms with van der Waals surface area (Å²) in [6, 6.07) is 1.27. The van der Waals surface area contributed by atoms with Crippen LogP contribution in [-0.2, 0) is 9.05 Å². The van der Waals surface area contributed by atoms with Crippen LogP contribution in [0.15, 0.2) is 11.1 Å². The van der Waals surface area contributed by atoms with Crippen LogP contribution in [0.2, 0.25) is 0 Å². The third-order valence-electron chi connectivity index (χ3n) is 1.57. The highest BCUT2D eigenvalue weighted by molar-refractivity contribution is 8.13. The average Bonchev–Trinajstić information content (AvgIpc) is 2.14. The summed E-state index contributed by atoms with van der Waals surface area (Å²) < 4.78 is 59.8. The average molecular weight is 271 g/mol. The molecule has 0 N–H and O–H groups in total. The van der Waals surface area contributed by atoms with Crippen molar-refractivity contribution in [2.24, 2.45) is 0 Å². The first-order valence-corrected chi connectivity index (χ1v) is 5.91. The lowest BCUT2D eigenvalue weighted by molar-refractivity contribution is 0.141. The number of aromatic nitrogens is 1. The first-order chi connectivity index (χ1) is 7.29. The van der Waals surface area contributed by atoms with Gasteiger partial charge in [0.1, 0.15) is 22.2 Å². The summed E-state index contributed by atoms with van der Waals surface area (Å²) in [4.78, 5) is 1.54. The molecule has 1 rings (SSSR count). The zero-order valence-corrected chi connectivity index (χ0v) is 8.86.